The van der Waals surface area contributed by atoms with Gasteiger partial charge in [0.25, 0.3) is 0 Å². The van der Waals surface area contributed by atoms with Gasteiger partial charge in [-0.25, -0.2) is 4.39 Å². The number of rotatable bonds is 3. The molecular formula is C14H10Br2ClFO. The van der Waals surface area contributed by atoms with E-state index in [2.05, 4.69) is 31.9 Å². The molecule has 19 heavy (non-hydrogen) atoms. The third-order valence-corrected chi connectivity index (χ3v) is 4.34. The summed E-state index contributed by atoms with van der Waals surface area (Å²) in [5.41, 5.74) is 1.64. The van der Waals surface area contributed by atoms with Gasteiger partial charge in [0.2, 0.25) is 0 Å². The molecule has 100 valence electrons. The highest BCUT2D eigenvalue weighted by atomic mass is 79.9. The SMILES string of the molecule is COc1ccc(F)cc1C(Br)c1cc(Cl)cc(Br)c1. The van der Waals surface area contributed by atoms with Crippen LogP contribution in [0, 0.1) is 5.82 Å². The van der Waals surface area contributed by atoms with Gasteiger partial charge >= 0.3 is 0 Å². The molecule has 0 spiro atoms. The van der Waals surface area contributed by atoms with Crippen LogP contribution >= 0.6 is 43.5 Å². The molecular weight excluding hydrogens is 398 g/mol. The summed E-state index contributed by atoms with van der Waals surface area (Å²) in [5.74, 6) is 0.320. The predicted octanol–water partition coefficient (Wildman–Crippen LogP) is 5.73. The van der Waals surface area contributed by atoms with Crippen LogP contribution in [0.2, 0.25) is 5.02 Å². The molecule has 0 fully saturated rings. The second kappa shape index (κ2) is 6.25. The third kappa shape index (κ3) is 3.50. The number of halogens is 4. The van der Waals surface area contributed by atoms with Gasteiger partial charge in [-0.1, -0.05) is 43.5 Å². The Morgan fingerprint density at radius 3 is 2.58 bits per heavy atom. The largest absolute Gasteiger partial charge is 0.496 e. The molecule has 0 heterocycles. The number of alkyl halides is 1. The summed E-state index contributed by atoms with van der Waals surface area (Å²) in [6, 6.07) is 9.99. The minimum Gasteiger partial charge on any atom is -0.496 e. The second-order valence-corrected chi connectivity index (χ2v) is 6.22. The van der Waals surface area contributed by atoms with E-state index in [1.807, 2.05) is 12.1 Å². The lowest BCUT2D eigenvalue weighted by molar-refractivity contribution is 0.409. The van der Waals surface area contributed by atoms with Crippen molar-refractivity contribution in [3.63, 3.8) is 0 Å². The Morgan fingerprint density at radius 2 is 1.95 bits per heavy atom. The molecule has 2 rings (SSSR count). The first-order valence-corrected chi connectivity index (χ1v) is 7.53. The van der Waals surface area contributed by atoms with Crippen LogP contribution in [-0.4, -0.2) is 7.11 Å². The first-order valence-electron chi connectivity index (χ1n) is 5.44. The maximum Gasteiger partial charge on any atom is 0.123 e. The van der Waals surface area contributed by atoms with Gasteiger partial charge in [0.1, 0.15) is 11.6 Å². The molecule has 0 N–H and O–H groups in total. The van der Waals surface area contributed by atoms with Crippen molar-refractivity contribution < 1.29 is 9.13 Å². The van der Waals surface area contributed by atoms with Crippen molar-refractivity contribution in [2.24, 2.45) is 0 Å². The topological polar surface area (TPSA) is 9.23 Å². The standard InChI is InChI=1S/C14H10Br2ClFO/c1-19-13-3-2-11(18)7-12(13)14(16)8-4-9(15)6-10(17)5-8/h2-7,14H,1H3. The summed E-state index contributed by atoms with van der Waals surface area (Å²) >= 11 is 13.0. The van der Waals surface area contributed by atoms with Crippen molar-refractivity contribution in [3.05, 3.63) is 62.8 Å². The van der Waals surface area contributed by atoms with Crippen molar-refractivity contribution in [2.45, 2.75) is 4.83 Å². The van der Waals surface area contributed by atoms with E-state index >= 15 is 0 Å². The van der Waals surface area contributed by atoms with Crippen LogP contribution in [0.1, 0.15) is 16.0 Å². The van der Waals surface area contributed by atoms with Gasteiger partial charge in [0.05, 0.1) is 11.9 Å². The van der Waals surface area contributed by atoms with Gasteiger partial charge in [-0.15, -0.1) is 0 Å². The lowest BCUT2D eigenvalue weighted by Gasteiger charge is -2.15. The Bertz CT molecular complexity index is 584. The van der Waals surface area contributed by atoms with E-state index in [0.29, 0.717) is 10.8 Å². The average molecular weight is 408 g/mol. The molecule has 0 saturated heterocycles. The summed E-state index contributed by atoms with van der Waals surface area (Å²) in [6.07, 6.45) is 0. The number of benzene rings is 2. The Morgan fingerprint density at radius 1 is 1.21 bits per heavy atom. The summed E-state index contributed by atoms with van der Waals surface area (Å²) < 4.78 is 19.5. The number of methoxy groups -OCH3 is 1. The highest BCUT2D eigenvalue weighted by Gasteiger charge is 2.17. The van der Waals surface area contributed by atoms with Gasteiger partial charge in [-0.3, -0.25) is 0 Å². The van der Waals surface area contributed by atoms with E-state index in [9.17, 15) is 4.39 Å². The Hall–Kier alpha value is -0.580. The van der Waals surface area contributed by atoms with Crippen molar-refractivity contribution >= 4 is 43.5 Å². The Kier molecular flexibility index (Phi) is 4.87. The Balaban J connectivity index is 2.48. The van der Waals surface area contributed by atoms with Gasteiger partial charge in [0.15, 0.2) is 0 Å². The fourth-order valence-electron chi connectivity index (χ4n) is 1.80. The first-order chi connectivity index (χ1) is 9.01. The third-order valence-electron chi connectivity index (χ3n) is 2.64. The number of ether oxygens (including phenoxy) is 1. The molecule has 5 heteroatoms. The van der Waals surface area contributed by atoms with E-state index < -0.39 is 0 Å². The normalized spacial score (nSPS) is 12.3. The molecule has 0 bridgehead atoms. The van der Waals surface area contributed by atoms with Crippen LogP contribution < -0.4 is 4.74 Å². The van der Waals surface area contributed by atoms with E-state index in [4.69, 9.17) is 16.3 Å². The van der Waals surface area contributed by atoms with Crippen molar-refractivity contribution in [2.75, 3.05) is 7.11 Å². The summed E-state index contributed by atoms with van der Waals surface area (Å²) in [5, 5.41) is 0.615. The van der Waals surface area contributed by atoms with Crippen molar-refractivity contribution in [1.29, 1.82) is 0 Å². The summed E-state index contributed by atoms with van der Waals surface area (Å²) in [7, 11) is 1.56. The van der Waals surface area contributed by atoms with Crippen molar-refractivity contribution in [3.8, 4) is 5.75 Å². The molecule has 0 saturated carbocycles. The molecule has 1 unspecified atom stereocenters. The monoisotopic (exact) mass is 406 g/mol. The quantitative estimate of drug-likeness (QED) is 0.589. The van der Waals surface area contributed by atoms with Gasteiger partial charge in [-0.2, -0.15) is 0 Å². The molecule has 0 aliphatic heterocycles. The minimum atomic E-state index is -0.304. The smallest absolute Gasteiger partial charge is 0.123 e. The predicted molar refractivity (Wildman–Crippen MR) is 82.9 cm³/mol. The van der Waals surface area contributed by atoms with Crippen LogP contribution in [0.25, 0.3) is 0 Å². The van der Waals surface area contributed by atoms with E-state index in [-0.39, 0.29) is 10.6 Å². The maximum absolute atomic E-state index is 13.4. The maximum atomic E-state index is 13.4. The van der Waals surface area contributed by atoms with E-state index in [0.717, 1.165) is 15.6 Å². The van der Waals surface area contributed by atoms with Crippen LogP contribution in [0.5, 0.6) is 5.75 Å². The van der Waals surface area contributed by atoms with Crippen LogP contribution in [0.15, 0.2) is 40.9 Å². The zero-order valence-corrected chi connectivity index (χ0v) is 13.9. The summed E-state index contributed by atoms with van der Waals surface area (Å²) in [4.78, 5) is -0.201. The number of hydrogen-bond acceptors (Lipinski definition) is 1. The van der Waals surface area contributed by atoms with Crippen molar-refractivity contribution in [1.82, 2.24) is 0 Å². The highest BCUT2D eigenvalue weighted by molar-refractivity contribution is 9.10. The Labute approximate surface area is 133 Å². The van der Waals surface area contributed by atoms with Gasteiger partial charge in [-0.05, 0) is 42.0 Å². The molecule has 0 aromatic heterocycles. The van der Waals surface area contributed by atoms with Crippen LogP contribution in [0.4, 0.5) is 4.39 Å². The molecule has 0 radical (unpaired) electrons. The molecule has 0 aliphatic carbocycles. The van der Waals surface area contributed by atoms with Crippen LogP contribution in [-0.2, 0) is 0 Å². The average Bonchev–Trinajstić information content (AvgIpc) is 2.36. The molecule has 0 amide bonds. The zero-order chi connectivity index (χ0) is 14.0. The molecule has 1 nitrogen and oxygen atoms in total. The fraction of sp³-hybridized carbons (Fsp3) is 0.143. The van der Waals surface area contributed by atoms with Crippen LogP contribution in [0.3, 0.4) is 0 Å². The fourth-order valence-corrected chi connectivity index (χ4v) is 3.31. The first kappa shape index (κ1) is 14.8. The summed E-state index contributed by atoms with van der Waals surface area (Å²) in [6.45, 7) is 0. The number of hydrogen-bond donors (Lipinski definition) is 0. The molecule has 2 aromatic carbocycles. The highest BCUT2D eigenvalue weighted by Crippen LogP contribution is 2.38. The zero-order valence-electron chi connectivity index (χ0n) is 9.96. The van der Waals surface area contributed by atoms with E-state index in [1.165, 1.54) is 12.1 Å². The second-order valence-electron chi connectivity index (χ2n) is 3.95. The van der Waals surface area contributed by atoms with Gasteiger partial charge in [0, 0.05) is 15.1 Å². The lowest BCUT2D eigenvalue weighted by Crippen LogP contribution is -1.98. The molecule has 1 atom stereocenters. The lowest BCUT2D eigenvalue weighted by atomic mass is 10.0. The van der Waals surface area contributed by atoms with E-state index in [1.54, 1.807) is 19.2 Å². The molecule has 0 aliphatic rings. The molecule has 2 aromatic rings. The minimum absolute atomic E-state index is 0.201. The van der Waals surface area contributed by atoms with Gasteiger partial charge < -0.3 is 4.74 Å².